The number of guanidine groups is 1. The number of nitrogens with zero attached hydrogens (tertiary/aromatic N) is 3. The zero-order valence-electron chi connectivity index (χ0n) is 17.4. The van der Waals surface area contributed by atoms with Crippen molar-refractivity contribution in [3.8, 4) is 5.75 Å². The summed E-state index contributed by atoms with van der Waals surface area (Å²) in [4.78, 5) is 8.39. The first-order valence-electron chi connectivity index (χ1n) is 9.79. The second kappa shape index (κ2) is 10.3. The lowest BCUT2D eigenvalue weighted by atomic mass is 10.1. The van der Waals surface area contributed by atoms with Crippen molar-refractivity contribution in [3.05, 3.63) is 83.4 Å². The van der Waals surface area contributed by atoms with Crippen LogP contribution in [0.4, 0.5) is 0 Å². The van der Waals surface area contributed by atoms with Gasteiger partial charge in [0.15, 0.2) is 5.96 Å². The molecule has 0 aliphatic carbocycles. The van der Waals surface area contributed by atoms with E-state index >= 15 is 0 Å². The number of nitrogens with one attached hydrogen (secondary N) is 2. The summed E-state index contributed by atoms with van der Waals surface area (Å²) in [6.45, 7) is 4.41. The number of ether oxygens (including phenoxy) is 1. The minimum atomic E-state index is 0.726. The van der Waals surface area contributed by atoms with Crippen molar-refractivity contribution in [2.75, 3.05) is 20.7 Å². The summed E-state index contributed by atoms with van der Waals surface area (Å²) in [5.74, 6) is 1.73. The molecule has 3 rings (SSSR count). The van der Waals surface area contributed by atoms with Crippen LogP contribution in [0.3, 0.4) is 0 Å². The number of aliphatic imine (C=N–C) groups is 1. The Morgan fingerprint density at radius 2 is 1.83 bits per heavy atom. The average Bonchev–Trinajstić information content (AvgIpc) is 3.26. The van der Waals surface area contributed by atoms with Crippen LogP contribution in [0, 0.1) is 6.92 Å². The van der Waals surface area contributed by atoms with E-state index in [0.717, 1.165) is 43.3 Å². The average molecular weight is 392 g/mol. The highest BCUT2D eigenvalue weighted by atomic mass is 16.5. The van der Waals surface area contributed by atoms with Gasteiger partial charge in [0.1, 0.15) is 5.75 Å². The Hall–Kier alpha value is -3.28. The monoisotopic (exact) mass is 391 g/mol. The topological polar surface area (TPSA) is 63.5 Å². The maximum Gasteiger partial charge on any atom is 0.191 e. The quantitative estimate of drug-likeness (QED) is 0.457. The van der Waals surface area contributed by atoms with E-state index in [4.69, 9.17) is 4.74 Å². The van der Waals surface area contributed by atoms with Crippen LogP contribution in [-0.2, 0) is 19.5 Å². The number of rotatable bonds is 8. The van der Waals surface area contributed by atoms with Crippen LogP contribution >= 0.6 is 0 Å². The van der Waals surface area contributed by atoms with Gasteiger partial charge in [0.2, 0.25) is 0 Å². The molecular formula is C23H29N5O. The van der Waals surface area contributed by atoms with Crippen molar-refractivity contribution in [2.45, 2.75) is 26.4 Å². The number of aromatic nitrogens is 2. The molecule has 1 aromatic heterocycles. The number of hydrogen-bond acceptors (Lipinski definition) is 3. The normalized spacial score (nSPS) is 11.3. The molecule has 0 bridgehead atoms. The van der Waals surface area contributed by atoms with Gasteiger partial charge in [-0.15, -0.1) is 0 Å². The lowest BCUT2D eigenvalue weighted by Crippen LogP contribution is -2.37. The maximum atomic E-state index is 5.40. The van der Waals surface area contributed by atoms with Gasteiger partial charge in [0, 0.05) is 39.1 Å². The molecule has 0 aliphatic heterocycles. The van der Waals surface area contributed by atoms with Gasteiger partial charge < -0.3 is 19.9 Å². The summed E-state index contributed by atoms with van der Waals surface area (Å²) in [6.07, 6.45) is 6.50. The van der Waals surface area contributed by atoms with Crippen LogP contribution in [0.5, 0.6) is 5.75 Å². The standard InChI is InChI=1S/C23H29N5O/c1-18-4-5-19(14-22(18)29-3)10-11-26-23(24-2)27-15-20-6-8-21(9-7-20)16-28-13-12-25-17-28/h4-9,12-14,17H,10-11,15-16H2,1-3H3,(H2,24,26,27). The molecule has 29 heavy (non-hydrogen) atoms. The highest BCUT2D eigenvalue weighted by Gasteiger charge is 2.03. The fraction of sp³-hybridized carbons (Fsp3) is 0.304. The van der Waals surface area contributed by atoms with E-state index in [2.05, 4.69) is 74.6 Å². The van der Waals surface area contributed by atoms with Crippen molar-refractivity contribution < 1.29 is 4.74 Å². The number of benzene rings is 2. The molecule has 0 saturated carbocycles. The summed E-state index contributed by atoms with van der Waals surface area (Å²) in [6, 6.07) is 14.9. The molecule has 0 fully saturated rings. The minimum absolute atomic E-state index is 0.726. The zero-order valence-corrected chi connectivity index (χ0v) is 17.4. The first-order chi connectivity index (χ1) is 14.2. The Labute approximate surface area is 172 Å². The Balaban J connectivity index is 1.44. The van der Waals surface area contributed by atoms with E-state index in [1.54, 1.807) is 20.4 Å². The Kier molecular flexibility index (Phi) is 7.28. The molecule has 6 heteroatoms. The van der Waals surface area contributed by atoms with Crippen LogP contribution in [-0.4, -0.2) is 36.2 Å². The number of imidazole rings is 1. The first-order valence-corrected chi connectivity index (χ1v) is 9.79. The van der Waals surface area contributed by atoms with Crippen molar-refractivity contribution in [1.82, 2.24) is 20.2 Å². The number of hydrogen-bond donors (Lipinski definition) is 2. The Morgan fingerprint density at radius 1 is 1.07 bits per heavy atom. The molecule has 0 radical (unpaired) electrons. The number of methoxy groups -OCH3 is 1. The van der Waals surface area contributed by atoms with Gasteiger partial charge in [-0.3, -0.25) is 4.99 Å². The van der Waals surface area contributed by atoms with Crippen molar-refractivity contribution in [1.29, 1.82) is 0 Å². The van der Waals surface area contributed by atoms with Crippen LogP contribution in [0.25, 0.3) is 0 Å². The minimum Gasteiger partial charge on any atom is -0.496 e. The SMILES string of the molecule is CN=C(NCCc1ccc(C)c(OC)c1)NCc1ccc(Cn2ccnc2)cc1. The third-order valence-electron chi connectivity index (χ3n) is 4.81. The van der Waals surface area contributed by atoms with Gasteiger partial charge in [-0.25, -0.2) is 4.98 Å². The summed E-state index contributed by atoms with van der Waals surface area (Å²) in [5.41, 5.74) is 4.86. The van der Waals surface area contributed by atoms with Crippen LogP contribution < -0.4 is 15.4 Å². The van der Waals surface area contributed by atoms with Gasteiger partial charge in [0.05, 0.1) is 13.4 Å². The van der Waals surface area contributed by atoms with Crippen LogP contribution in [0.2, 0.25) is 0 Å². The molecule has 0 saturated heterocycles. The molecule has 0 aliphatic rings. The van der Waals surface area contributed by atoms with Gasteiger partial charge in [-0.1, -0.05) is 36.4 Å². The van der Waals surface area contributed by atoms with Gasteiger partial charge in [-0.2, -0.15) is 0 Å². The largest absolute Gasteiger partial charge is 0.496 e. The predicted octanol–water partition coefficient (Wildman–Crippen LogP) is 3.16. The van der Waals surface area contributed by atoms with E-state index in [1.807, 2.05) is 12.5 Å². The molecule has 1 heterocycles. The third-order valence-corrected chi connectivity index (χ3v) is 4.81. The lowest BCUT2D eigenvalue weighted by molar-refractivity contribution is 0.411. The van der Waals surface area contributed by atoms with Gasteiger partial charge in [0.25, 0.3) is 0 Å². The Bertz CT molecular complexity index is 917. The molecule has 152 valence electrons. The van der Waals surface area contributed by atoms with Crippen molar-refractivity contribution in [2.24, 2.45) is 4.99 Å². The number of aryl methyl sites for hydroxylation is 1. The maximum absolute atomic E-state index is 5.40. The summed E-state index contributed by atoms with van der Waals surface area (Å²) < 4.78 is 7.46. The van der Waals surface area contributed by atoms with Crippen molar-refractivity contribution in [3.63, 3.8) is 0 Å². The Morgan fingerprint density at radius 3 is 2.52 bits per heavy atom. The summed E-state index contributed by atoms with van der Waals surface area (Å²) in [7, 11) is 3.50. The molecule has 2 aromatic carbocycles. The van der Waals surface area contributed by atoms with Gasteiger partial charge in [-0.05, 0) is 41.7 Å². The van der Waals surface area contributed by atoms with Crippen LogP contribution in [0.15, 0.2) is 66.2 Å². The van der Waals surface area contributed by atoms with E-state index in [-0.39, 0.29) is 0 Å². The summed E-state index contributed by atoms with van der Waals surface area (Å²) >= 11 is 0. The predicted molar refractivity (Wildman–Crippen MR) is 117 cm³/mol. The fourth-order valence-corrected chi connectivity index (χ4v) is 3.11. The molecule has 0 spiro atoms. The molecule has 0 atom stereocenters. The molecule has 2 N–H and O–H groups in total. The first kappa shape index (κ1) is 20.5. The van der Waals surface area contributed by atoms with E-state index in [1.165, 1.54) is 16.7 Å². The lowest BCUT2D eigenvalue weighted by Gasteiger charge is -2.13. The van der Waals surface area contributed by atoms with Crippen LogP contribution in [0.1, 0.15) is 22.3 Å². The zero-order chi connectivity index (χ0) is 20.5. The second-order valence-electron chi connectivity index (χ2n) is 6.96. The molecule has 0 amide bonds. The van der Waals surface area contributed by atoms with E-state index in [0.29, 0.717) is 0 Å². The highest BCUT2D eigenvalue weighted by molar-refractivity contribution is 5.79. The summed E-state index contributed by atoms with van der Waals surface area (Å²) in [5, 5.41) is 6.74. The molecule has 0 unspecified atom stereocenters. The van der Waals surface area contributed by atoms with Crippen molar-refractivity contribution >= 4 is 5.96 Å². The smallest absolute Gasteiger partial charge is 0.191 e. The highest BCUT2D eigenvalue weighted by Crippen LogP contribution is 2.19. The van der Waals surface area contributed by atoms with E-state index in [9.17, 15) is 0 Å². The second-order valence-corrected chi connectivity index (χ2v) is 6.96. The fourth-order valence-electron chi connectivity index (χ4n) is 3.11. The molecule has 6 nitrogen and oxygen atoms in total. The van der Waals surface area contributed by atoms with Gasteiger partial charge >= 0.3 is 0 Å². The molecular weight excluding hydrogens is 362 g/mol. The molecule has 3 aromatic rings. The van der Waals surface area contributed by atoms with E-state index < -0.39 is 0 Å². The third kappa shape index (κ3) is 6.10.